The molecule has 0 radical (unpaired) electrons. The molecule has 7 nitrogen and oxygen atoms in total. The molecule has 2 fully saturated rings. The first-order valence-corrected chi connectivity index (χ1v) is 15.3. The summed E-state index contributed by atoms with van der Waals surface area (Å²) in [6, 6.07) is 13.7. The molecule has 5 rings (SSSR count). The molecule has 1 aromatic heterocycles. The zero-order chi connectivity index (χ0) is 30.0. The van der Waals surface area contributed by atoms with E-state index >= 15 is 0 Å². The molecule has 1 unspecified atom stereocenters. The highest BCUT2D eigenvalue weighted by Gasteiger charge is 2.33. The van der Waals surface area contributed by atoms with Crippen LogP contribution in [0, 0.1) is 17.2 Å². The molecule has 42 heavy (non-hydrogen) atoms. The number of piperazine rings is 1. The highest BCUT2D eigenvalue weighted by molar-refractivity contribution is 5.96. The molecule has 1 aliphatic carbocycles. The number of aryl methyl sites for hydroxylation is 2. The van der Waals surface area contributed by atoms with Crippen LogP contribution >= 0.6 is 0 Å². The Kier molecular flexibility index (Phi) is 8.92. The predicted octanol–water partition coefficient (Wildman–Crippen LogP) is 6.06. The minimum atomic E-state index is -0.323. The molecule has 226 valence electrons. The fourth-order valence-corrected chi connectivity index (χ4v) is 6.74. The largest absolute Gasteiger partial charge is 0.497 e. The van der Waals surface area contributed by atoms with Crippen LogP contribution in [0.5, 0.6) is 5.75 Å². The maximum Gasteiger partial charge on any atom is 0.258 e. The third-order valence-corrected chi connectivity index (χ3v) is 8.91. The van der Waals surface area contributed by atoms with Crippen molar-refractivity contribution in [1.29, 1.82) is 0 Å². The molecule has 4 atom stereocenters. The topological polar surface area (TPSA) is 70.9 Å². The molecule has 1 saturated heterocycles. The number of guanidine groups is 1. The first-order valence-electron chi connectivity index (χ1n) is 15.3. The van der Waals surface area contributed by atoms with Crippen LogP contribution in [0.4, 0.5) is 10.1 Å². The molecule has 3 aromatic rings. The van der Waals surface area contributed by atoms with Gasteiger partial charge in [-0.05, 0) is 92.1 Å². The quantitative estimate of drug-likeness (QED) is 0.276. The Hall–Kier alpha value is -3.39. The molecule has 0 spiro atoms. The average Bonchev–Trinajstić information content (AvgIpc) is 2.93. The molecular weight excluding hydrogens is 529 g/mol. The number of hydrogen-bond acceptors (Lipinski definition) is 4. The van der Waals surface area contributed by atoms with E-state index in [1.165, 1.54) is 26.0 Å². The molecule has 2 aromatic carbocycles. The van der Waals surface area contributed by atoms with Gasteiger partial charge in [0.05, 0.1) is 13.2 Å². The van der Waals surface area contributed by atoms with Gasteiger partial charge in [-0.2, -0.15) is 0 Å². The summed E-state index contributed by atoms with van der Waals surface area (Å²) in [5.41, 5.74) is 1.76. The summed E-state index contributed by atoms with van der Waals surface area (Å²) >= 11 is 0. The van der Waals surface area contributed by atoms with Crippen LogP contribution < -0.4 is 20.9 Å². The van der Waals surface area contributed by atoms with Crippen molar-refractivity contribution >= 4 is 22.4 Å². The number of nitrogens with zero attached hydrogens (tertiary/aromatic N) is 3. The lowest BCUT2D eigenvalue weighted by molar-refractivity contribution is 0.168. The van der Waals surface area contributed by atoms with E-state index in [2.05, 4.69) is 50.2 Å². The number of ether oxygens (including phenoxy) is 1. The third-order valence-electron chi connectivity index (χ3n) is 8.91. The smallest absolute Gasteiger partial charge is 0.258 e. The van der Waals surface area contributed by atoms with Gasteiger partial charge < -0.3 is 24.8 Å². The molecular formula is C34H46FN5O2. The standard InChI is InChI=1S/C34H46FN5O2/c1-22-19-34(4,5)14-11-31(22)38-33(40-20-23(2)36-24(3)21-40)37-27-8-10-29-26(17-27)13-16-39(32(29)41)15-12-25-7-9-28(42-6)18-30(25)35/h7-10,13,16-18,22-24,31,36H,11-12,14-15,19-21H2,1-6H3,(H,37,38)/t22-,23-,24+,31?/m0/s1. The van der Waals surface area contributed by atoms with E-state index in [1.54, 1.807) is 22.9 Å². The van der Waals surface area contributed by atoms with Gasteiger partial charge in [0.15, 0.2) is 5.96 Å². The second-order valence-electron chi connectivity index (χ2n) is 13.2. The van der Waals surface area contributed by atoms with E-state index in [1.807, 2.05) is 24.3 Å². The van der Waals surface area contributed by atoms with Gasteiger partial charge in [0.2, 0.25) is 0 Å². The van der Waals surface area contributed by atoms with Crippen molar-refractivity contribution in [2.75, 3.05) is 25.5 Å². The van der Waals surface area contributed by atoms with Crippen LogP contribution in [-0.4, -0.2) is 53.8 Å². The van der Waals surface area contributed by atoms with Crippen molar-refractivity contribution in [2.45, 2.75) is 85.0 Å². The number of hydrogen-bond donors (Lipinski definition) is 2. The van der Waals surface area contributed by atoms with Gasteiger partial charge in [-0.3, -0.25) is 4.79 Å². The molecule has 0 bridgehead atoms. The molecule has 2 N–H and O–H groups in total. The molecule has 2 aliphatic rings. The predicted molar refractivity (Wildman–Crippen MR) is 170 cm³/mol. The lowest BCUT2D eigenvalue weighted by atomic mass is 9.71. The van der Waals surface area contributed by atoms with Gasteiger partial charge in [0, 0.05) is 55.1 Å². The first kappa shape index (κ1) is 30.1. The summed E-state index contributed by atoms with van der Waals surface area (Å²) < 4.78 is 21.2. The fraction of sp³-hybridized carbons (Fsp3) is 0.529. The number of nitrogens with one attached hydrogen (secondary N) is 2. The number of rotatable bonds is 6. The van der Waals surface area contributed by atoms with Gasteiger partial charge in [0.25, 0.3) is 5.56 Å². The van der Waals surface area contributed by atoms with Gasteiger partial charge in [-0.15, -0.1) is 0 Å². The van der Waals surface area contributed by atoms with E-state index in [0.717, 1.165) is 36.5 Å². The Labute approximate surface area is 249 Å². The first-order chi connectivity index (χ1) is 20.0. The zero-order valence-electron chi connectivity index (χ0n) is 25.9. The van der Waals surface area contributed by atoms with Crippen LogP contribution in [0.1, 0.15) is 59.4 Å². The number of halogens is 1. The van der Waals surface area contributed by atoms with Crippen molar-refractivity contribution in [3.63, 3.8) is 0 Å². The number of methoxy groups -OCH3 is 1. The second-order valence-corrected chi connectivity index (χ2v) is 13.2. The lowest BCUT2D eigenvalue weighted by Crippen LogP contribution is -2.57. The third kappa shape index (κ3) is 6.97. The summed E-state index contributed by atoms with van der Waals surface area (Å²) in [6.07, 6.45) is 5.67. The molecule has 1 aliphatic heterocycles. The summed E-state index contributed by atoms with van der Waals surface area (Å²) in [5.74, 6) is 1.59. The normalized spacial score (nSPS) is 24.5. The SMILES string of the molecule is COc1ccc(CCn2ccc3cc(NC(=NC4CCC(C)(C)C[C@@H]4C)N4C[C@@H](C)N[C@@H](C)C4)ccc3c2=O)c(F)c1. The minimum absolute atomic E-state index is 0.0785. The number of pyridine rings is 1. The zero-order valence-corrected chi connectivity index (χ0v) is 25.9. The Bertz CT molecular complexity index is 1490. The van der Waals surface area contributed by atoms with Gasteiger partial charge in [0.1, 0.15) is 11.6 Å². The number of aromatic nitrogens is 1. The van der Waals surface area contributed by atoms with Gasteiger partial charge >= 0.3 is 0 Å². The average molecular weight is 576 g/mol. The summed E-state index contributed by atoms with van der Waals surface area (Å²) in [4.78, 5) is 21.1. The van der Waals surface area contributed by atoms with Crippen LogP contribution in [-0.2, 0) is 13.0 Å². The van der Waals surface area contributed by atoms with E-state index in [4.69, 9.17) is 9.73 Å². The monoisotopic (exact) mass is 575 g/mol. The molecule has 2 heterocycles. The summed E-state index contributed by atoms with van der Waals surface area (Å²) in [5, 5.41) is 8.79. The number of anilines is 1. The minimum Gasteiger partial charge on any atom is -0.497 e. The Morgan fingerprint density at radius 1 is 1.12 bits per heavy atom. The number of fused-ring (bicyclic) bond motifs is 1. The van der Waals surface area contributed by atoms with E-state index in [-0.39, 0.29) is 17.4 Å². The molecule has 8 heteroatoms. The van der Waals surface area contributed by atoms with Gasteiger partial charge in [-0.1, -0.05) is 26.8 Å². The van der Waals surface area contributed by atoms with Crippen LogP contribution in [0.3, 0.4) is 0 Å². The van der Waals surface area contributed by atoms with E-state index in [9.17, 15) is 9.18 Å². The van der Waals surface area contributed by atoms with Crippen molar-refractivity contribution in [3.05, 3.63) is 70.4 Å². The Morgan fingerprint density at radius 2 is 1.88 bits per heavy atom. The highest BCUT2D eigenvalue weighted by atomic mass is 19.1. The van der Waals surface area contributed by atoms with Crippen LogP contribution in [0.2, 0.25) is 0 Å². The fourth-order valence-electron chi connectivity index (χ4n) is 6.74. The van der Waals surface area contributed by atoms with Crippen molar-refractivity contribution in [3.8, 4) is 5.75 Å². The van der Waals surface area contributed by atoms with Crippen LogP contribution in [0.25, 0.3) is 10.8 Å². The Balaban J connectivity index is 1.37. The number of aliphatic imine (C=N–C) groups is 1. The maximum absolute atomic E-state index is 14.4. The van der Waals surface area contributed by atoms with Crippen molar-refractivity contribution in [2.24, 2.45) is 16.3 Å². The van der Waals surface area contributed by atoms with E-state index in [0.29, 0.717) is 53.1 Å². The summed E-state index contributed by atoms with van der Waals surface area (Å²) in [7, 11) is 1.52. The second kappa shape index (κ2) is 12.5. The maximum atomic E-state index is 14.4. The Morgan fingerprint density at radius 3 is 2.57 bits per heavy atom. The van der Waals surface area contributed by atoms with Crippen molar-refractivity contribution in [1.82, 2.24) is 14.8 Å². The van der Waals surface area contributed by atoms with Crippen LogP contribution in [0.15, 0.2) is 58.4 Å². The highest BCUT2D eigenvalue weighted by Crippen LogP contribution is 2.40. The van der Waals surface area contributed by atoms with E-state index < -0.39 is 0 Å². The van der Waals surface area contributed by atoms with Gasteiger partial charge in [-0.25, -0.2) is 9.38 Å². The summed E-state index contributed by atoms with van der Waals surface area (Å²) in [6.45, 7) is 13.7. The number of benzene rings is 2. The molecule has 1 saturated carbocycles. The molecule has 0 amide bonds. The van der Waals surface area contributed by atoms with Crippen molar-refractivity contribution < 1.29 is 9.13 Å². The lowest BCUT2D eigenvalue weighted by Gasteiger charge is -2.41.